The third-order valence-electron chi connectivity index (χ3n) is 5.51. The first kappa shape index (κ1) is 21.2. The lowest BCUT2D eigenvalue weighted by Gasteiger charge is -2.26. The molecule has 1 fully saturated rings. The second-order valence-corrected chi connectivity index (χ2v) is 7.39. The summed E-state index contributed by atoms with van der Waals surface area (Å²) in [5.74, 6) is -0.596. The van der Waals surface area contributed by atoms with Crippen molar-refractivity contribution in [3.8, 4) is 11.5 Å². The van der Waals surface area contributed by atoms with E-state index in [0.717, 1.165) is 5.56 Å². The van der Waals surface area contributed by atoms with Gasteiger partial charge in [-0.25, -0.2) is 0 Å². The minimum absolute atomic E-state index is 0.0457. The monoisotopic (exact) mass is 429 g/mol. The van der Waals surface area contributed by atoms with Crippen LogP contribution >= 0.6 is 0 Å². The number of amides is 1. The summed E-state index contributed by atoms with van der Waals surface area (Å²) in [4.78, 5) is 27.7. The number of benzene rings is 3. The van der Waals surface area contributed by atoms with E-state index in [2.05, 4.69) is 0 Å². The van der Waals surface area contributed by atoms with Gasteiger partial charge in [-0.3, -0.25) is 9.59 Å². The Hall–Kier alpha value is -4.06. The molecule has 3 aromatic rings. The number of ketones is 1. The maximum absolute atomic E-state index is 13.1. The van der Waals surface area contributed by atoms with Crippen LogP contribution in [0.15, 0.2) is 84.4 Å². The number of hydrogen-bond donors (Lipinski definition) is 1. The summed E-state index contributed by atoms with van der Waals surface area (Å²) in [7, 11) is 3.06. The number of methoxy groups -OCH3 is 2. The molecule has 1 atom stereocenters. The fourth-order valence-electron chi connectivity index (χ4n) is 3.94. The minimum Gasteiger partial charge on any atom is -0.507 e. The maximum Gasteiger partial charge on any atom is 0.295 e. The highest BCUT2D eigenvalue weighted by atomic mass is 16.5. The SMILES string of the molecule is COc1ccc(C2C(=C(O)c3ccccc3)C(=O)C(=O)N2Cc2ccccc2)cc1OC. The third-order valence-corrected chi connectivity index (χ3v) is 5.51. The van der Waals surface area contributed by atoms with E-state index in [1.807, 2.05) is 36.4 Å². The molecule has 1 aliphatic rings. The van der Waals surface area contributed by atoms with Crippen molar-refractivity contribution in [3.63, 3.8) is 0 Å². The first-order valence-corrected chi connectivity index (χ1v) is 10.1. The van der Waals surface area contributed by atoms with E-state index in [-0.39, 0.29) is 17.9 Å². The van der Waals surface area contributed by atoms with Gasteiger partial charge in [-0.15, -0.1) is 0 Å². The molecule has 1 aliphatic heterocycles. The second kappa shape index (κ2) is 8.98. The van der Waals surface area contributed by atoms with Gasteiger partial charge in [0, 0.05) is 12.1 Å². The van der Waals surface area contributed by atoms with Gasteiger partial charge < -0.3 is 19.5 Å². The fraction of sp³-hybridized carbons (Fsp3) is 0.154. The summed E-state index contributed by atoms with van der Waals surface area (Å²) in [6.07, 6.45) is 0. The molecular formula is C26H23NO5. The van der Waals surface area contributed by atoms with Crippen LogP contribution in [0.25, 0.3) is 5.76 Å². The van der Waals surface area contributed by atoms with Gasteiger partial charge >= 0.3 is 0 Å². The highest BCUT2D eigenvalue weighted by Gasteiger charge is 2.46. The molecule has 0 saturated carbocycles. The van der Waals surface area contributed by atoms with Crippen molar-refractivity contribution in [2.45, 2.75) is 12.6 Å². The Labute approximate surface area is 186 Å². The van der Waals surface area contributed by atoms with Crippen LogP contribution in [-0.4, -0.2) is 35.9 Å². The van der Waals surface area contributed by atoms with Crippen LogP contribution in [0.4, 0.5) is 0 Å². The van der Waals surface area contributed by atoms with Crippen molar-refractivity contribution in [1.82, 2.24) is 4.90 Å². The summed E-state index contributed by atoms with van der Waals surface area (Å²) >= 11 is 0. The molecule has 0 radical (unpaired) electrons. The molecule has 0 bridgehead atoms. The smallest absolute Gasteiger partial charge is 0.295 e. The van der Waals surface area contributed by atoms with Gasteiger partial charge in [0.15, 0.2) is 11.5 Å². The third kappa shape index (κ3) is 3.83. The van der Waals surface area contributed by atoms with Gasteiger partial charge in [-0.05, 0) is 23.3 Å². The van der Waals surface area contributed by atoms with Gasteiger partial charge in [0.05, 0.1) is 25.8 Å². The molecule has 1 saturated heterocycles. The van der Waals surface area contributed by atoms with E-state index in [0.29, 0.717) is 22.6 Å². The van der Waals surface area contributed by atoms with Crippen molar-refractivity contribution >= 4 is 17.4 Å². The van der Waals surface area contributed by atoms with Crippen molar-refractivity contribution < 1.29 is 24.2 Å². The van der Waals surface area contributed by atoms with E-state index >= 15 is 0 Å². The number of nitrogens with zero attached hydrogens (tertiary/aromatic N) is 1. The average Bonchev–Trinajstić information content (AvgIpc) is 3.09. The standard InChI is InChI=1S/C26H23NO5/c1-31-20-14-13-19(15-21(20)32-2)23-22(24(28)18-11-7-4-8-12-18)25(29)26(30)27(23)16-17-9-5-3-6-10-17/h3-15,23,28H,16H2,1-2H3. The first-order valence-electron chi connectivity index (χ1n) is 10.1. The zero-order valence-corrected chi connectivity index (χ0v) is 17.8. The van der Waals surface area contributed by atoms with Crippen molar-refractivity contribution in [1.29, 1.82) is 0 Å². The number of carbonyl (C=O) groups excluding carboxylic acids is 2. The molecule has 32 heavy (non-hydrogen) atoms. The Morgan fingerprint density at radius 3 is 2.12 bits per heavy atom. The maximum atomic E-state index is 13.1. The molecular weight excluding hydrogens is 406 g/mol. The molecule has 6 heteroatoms. The number of hydrogen-bond acceptors (Lipinski definition) is 5. The van der Waals surface area contributed by atoms with E-state index in [9.17, 15) is 14.7 Å². The average molecular weight is 429 g/mol. The van der Waals surface area contributed by atoms with Gasteiger partial charge in [0.2, 0.25) is 0 Å². The predicted molar refractivity (Wildman–Crippen MR) is 120 cm³/mol. The largest absolute Gasteiger partial charge is 0.507 e. The summed E-state index contributed by atoms with van der Waals surface area (Å²) in [5.41, 5.74) is 2.02. The number of Topliss-reactive ketones (excluding diaryl/α,β-unsaturated/α-hetero) is 1. The first-order chi connectivity index (χ1) is 15.5. The van der Waals surface area contributed by atoms with E-state index in [1.54, 1.807) is 42.5 Å². The van der Waals surface area contributed by atoms with Crippen molar-refractivity contribution in [3.05, 3.63) is 101 Å². The number of likely N-dealkylation sites (tertiary alicyclic amines) is 1. The van der Waals surface area contributed by atoms with Crippen LogP contribution in [0, 0.1) is 0 Å². The predicted octanol–water partition coefficient (Wildman–Crippen LogP) is 4.33. The van der Waals surface area contributed by atoms with Gasteiger partial charge in [-0.2, -0.15) is 0 Å². The number of aliphatic hydroxyl groups is 1. The summed E-state index contributed by atoms with van der Waals surface area (Å²) < 4.78 is 10.8. The molecule has 1 heterocycles. The number of carbonyl (C=O) groups is 2. The number of ether oxygens (including phenoxy) is 2. The van der Waals surface area contributed by atoms with Crippen LogP contribution in [0.5, 0.6) is 11.5 Å². The van der Waals surface area contributed by atoms with Gasteiger partial charge in [-0.1, -0.05) is 66.7 Å². The Kier molecular flexibility index (Phi) is 5.94. The molecule has 162 valence electrons. The van der Waals surface area contributed by atoms with Crippen molar-refractivity contribution in [2.24, 2.45) is 0 Å². The normalized spacial score (nSPS) is 17.4. The van der Waals surface area contributed by atoms with Gasteiger partial charge in [0.1, 0.15) is 5.76 Å². The topological polar surface area (TPSA) is 76.1 Å². The summed E-state index contributed by atoms with van der Waals surface area (Å²) in [6.45, 7) is 0.218. The van der Waals surface area contributed by atoms with Crippen LogP contribution < -0.4 is 9.47 Å². The lowest BCUT2D eigenvalue weighted by atomic mass is 9.95. The molecule has 3 aromatic carbocycles. The summed E-state index contributed by atoms with van der Waals surface area (Å²) in [6, 6.07) is 22.6. The van der Waals surface area contributed by atoms with E-state index in [4.69, 9.17) is 9.47 Å². The minimum atomic E-state index is -0.782. The molecule has 4 rings (SSSR count). The zero-order valence-electron chi connectivity index (χ0n) is 17.8. The highest BCUT2D eigenvalue weighted by Crippen LogP contribution is 2.42. The number of rotatable bonds is 6. The molecule has 0 spiro atoms. The Morgan fingerprint density at radius 2 is 1.50 bits per heavy atom. The van der Waals surface area contributed by atoms with E-state index < -0.39 is 17.7 Å². The Balaban J connectivity index is 1.89. The van der Waals surface area contributed by atoms with Gasteiger partial charge in [0.25, 0.3) is 11.7 Å². The molecule has 6 nitrogen and oxygen atoms in total. The molecule has 0 aliphatic carbocycles. The van der Waals surface area contributed by atoms with Crippen LogP contribution in [0.2, 0.25) is 0 Å². The zero-order chi connectivity index (χ0) is 22.7. The lowest BCUT2D eigenvalue weighted by Crippen LogP contribution is -2.29. The Morgan fingerprint density at radius 1 is 0.875 bits per heavy atom. The highest BCUT2D eigenvalue weighted by molar-refractivity contribution is 6.46. The lowest BCUT2D eigenvalue weighted by molar-refractivity contribution is -0.140. The molecule has 1 amide bonds. The second-order valence-electron chi connectivity index (χ2n) is 7.39. The Bertz CT molecular complexity index is 1170. The van der Waals surface area contributed by atoms with Crippen LogP contribution in [0.1, 0.15) is 22.7 Å². The quantitative estimate of drug-likeness (QED) is 0.359. The molecule has 1 N–H and O–H groups in total. The van der Waals surface area contributed by atoms with Crippen molar-refractivity contribution in [2.75, 3.05) is 14.2 Å². The molecule has 0 aromatic heterocycles. The van der Waals surface area contributed by atoms with Crippen LogP contribution in [-0.2, 0) is 16.1 Å². The van der Waals surface area contributed by atoms with Crippen LogP contribution in [0.3, 0.4) is 0 Å². The number of aliphatic hydroxyl groups excluding tert-OH is 1. The summed E-state index contributed by atoms with van der Waals surface area (Å²) in [5, 5.41) is 11.1. The molecule has 1 unspecified atom stereocenters. The fourth-order valence-corrected chi connectivity index (χ4v) is 3.94. The van der Waals surface area contributed by atoms with E-state index in [1.165, 1.54) is 19.1 Å².